The van der Waals surface area contributed by atoms with Crippen LogP contribution in [0.2, 0.25) is 0 Å². The first kappa shape index (κ1) is 79.1. The molecule has 19 atom stereocenters. The monoisotopic (exact) mass is 1600 g/mol. The number of nitrogens with one attached hydrogen (secondary N) is 2. The third-order valence-electron chi connectivity index (χ3n) is 19.6. The van der Waals surface area contributed by atoms with Gasteiger partial charge < -0.3 is 101 Å². The Bertz CT molecular complexity index is 3810. The number of rotatable bonds is 22. The molecule has 0 unspecified atom stereocenters. The van der Waals surface area contributed by atoms with E-state index in [0.29, 0.717) is 9.13 Å². The first-order valence-corrected chi connectivity index (χ1v) is 37.0. The minimum absolute atomic E-state index is 0.00168. The maximum absolute atomic E-state index is 14.6. The maximum atomic E-state index is 14.6. The summed E-state index contributed by atoms with van der Waals surface area (Å²) >= 11 is 3.74. The Labute approximate surface area is 624 Å². The second-order valence-electron chi connectivity index (χ2n) is 25.9. The predicted octanol–water partition coefficient (Wildman–Crippen LogP) is 5.65. The van der Waals surface area contributed by atoms with Gasteiger partial charge in [0.2, 0.25) is 22.9 Å². The van der Waals surface area contributed by atoms with Crippen molar-refractivity contribution in [1.29, 1.82) is 0 Å². The average Bonchev–Trinajstić information content (AvgIpc) is 1.17. The molecule has 31 heteroatoms. The first-order chi connectivity index (χ1) is 49.9. The smallest absolute Gasteiger partial charge is 0.411 e. The molecule has 0 radical (unpaired) electrons. The highest BCUT2D eigenvalue weighted by Crippen LogP contribution is 2.52. The normalized spacial score (nSPS) is 32.7. The molecule has 28 nitrogen and oxygen atoms in total. The molecular weight excluding hydrogens is 1510 g/mol. The molecule has 2 amide bonds. The van der Waals surface area contributed by atoms with Crippen molar-refractivity contribution in [1.82, 2.24) is 15.7 Å². The van der Waals surface area contributed by atoms with Crippen molar-refractivity contribution in [3.8, 4) is 52.1 Å². The molecule has 104 heavy (non-hydrogen) atoms. The third-order valence-corrected chi connectivity index (χ3v) is 23.0. The van der Waals surface area contributed by atoms with Crippen molar-refractivity contribution in [2.75, 3.05) is 74.3 Å². The van der Waals surface area contributed by atoms with E-state index in [9.17, 15) is 44.7 Å². The van der Waals surface area contributed by atoms with Crippen LogP contribution < -0.4 is 25.0 Å². The SMILES string of the molecule is CCN(C(=O)OCC1c2ccccc2-c2ccccc21)[C@H]1CO[C@@H](O[C@H]2[C@H](O[C@H]3C#C/C=C\C#C[C@]4(O)CC5(OCCO5)C(NC(=O)OC)=C3C4=CCSC(C)=O)O[C@H](C)[C@@H](NO[C@H]3C[C@H](O)[C@H](SC(=O)c4c(C)c(I)c(O[C@@H]5O[C@@H](C)[C@H](O)[C@@H](OC)[C@H]5O)c(OC)c4OC)[C@@H](C)O3)[C@@H]2O)C[C@@H]1OC. The van der Waals surface area contributed by atoms with Crippen LogP contribution in [0.25, 0.3) is 11.1 Å². The molecule has 8 aliphatic rings. The number of halogens is 1. The van der Waals surface area contributed by atoms with Crippen LogP contribution in [0.5, 0.6) is 17.2 Å². The Hall–Kier alpha value is -5.97. The Balaban J connectivity index is 0.849. The molecule has 3 aromatic rings. The summed E-state index contributed by atoms with van der Waals surface area (Å²) in [5.41, 5.74) is 5.62. The van der Waals surface area contributed by atoms with Gasteiger partial charge in [-0.15, -0.1) is 0 Å². The predicted molar refractivity (Wildman–Crippen MR) is 383 cm³/mol. The van der Waals surface area contributed by atoms with Crippen molar-refractivity contribution in [3.05, 3.63) is 109 Å². The molecular formula is C73H88IN3O25S2. The zero-order chi connectivity index (χ0) is 74.5. The summed E-state index contributed by atoms with van der Waals surface area (Å²) in [4.78, 5) is 62.7. The Kier molecular flexibility index (Phi) is 26.2. The van der Waals surface area contributed by atoms with Gasteiger partial charge in [-0.25, -0.2) is 9.59 Å². The molecule has 3 aromatic carbocycles. The molecule has 5 heterocycles. The van der Waals surface area contributed by atoms with Crippen LogP contribution in [-0.4, -0.2) is 248 Å². The minimum Gasteiger partial charge on any atom is -0.492 e. The molecule has 3 aliphatic carbocycles. The van der Waals surface area contributed by atoms with Gasteiger partial charge in [0.05, 0.1) is 110 Å². The quantitative estimate of drug-likeness (QED) is 0.0363. The minimum atomic E-state index is -2.11. The van der Waals surface area contributed by atoms with E-state index in [-0.39, 0.29) is 109 Å². The number of ether oxygens (including phenoxy) is 15. The largest absolute Gasteiger partial charge is 0.492 e. The summed E-state index contributed by atoms with van der Waals surface area (Å²) in [6.45, 7) is 10.0. The highest BCUT2D eigenvalue weighted by Gasteiger charge is 2.58. The van der Waals surface area contributed by atoms with E-state index >= 15 is 0 Å². The van der Waals surface area contributed by atoms with Crippen LogP contribution in [0.3, 0.4) is 0 Å². The van der Waals surface area contributed by atoms with Crippen LogP contribution in [0.15, 0.2) is 83.6 Å². The number of allylic oxidation sites excluding steroid dienone is 2. The molecule has 2 bridgehead atoms. The molecule has 1 spiro atoms. The Morgan fingerprint density at radius 2 is 1.48 bits per heavy atom. The van der Waals surface area contributed by atoms with Gasteiger partial charge in [0.1, 0.15) is 43.2 Å². The van der Waals surface area contributed by atoms with E-state index in [1.807, 2.05) is 65.9 Å². The van der Waals surface area contributed by atoms with E-state index in [4.69, 9.17) is 75.9 Å². The number of benzene rings is 3. The summed E-state index contributed by atoms with van der Waals surface area (Å²) in [5, 5.41) is 60.7. The van der Waals surface area contributed by atoms with Gasteiger partial charge in [-0.05, 0) is 97.2 Å². The lowest BCUT2D eigenvalue weighted by Gasteiger charge is -2.48. The van der Waals surface area contributed by atoms with Crippen molar-refractivity contribution >= 4 is 68.5 Å². The first-order valence-electron chi connectivity index (χ1n) is 34.1. The summed E-state index contributed by atoms with van der Waals surface area (Å²) < 4.78 is 92.9. The maximum Gasteiger partial charge on any atom is 0.411 e. The fourth-order valence-corrected chi connectivity index (χ4v) is 16.7. The van der Waals surface area contributed by atoms with Crippen molar-refractivity contribution in [2.45, 2.75) is 188 Å². The van der Waals surface area contributed by atoms with E-state index in [1.54, 1.807) is 38.7 Å². The molecule has 5 aliphatic heterocycles. The van der Waals surface area contributed by atoms with E-state index in [2.05, 4.69) is 46.6 Å². The van der Waals surface area contributed by atoms with Crippen molar-refractivity contribution in [3.63, 3.8) is 0 Å². The molecule has 5 fully saturated rings. The summed E-state index contributed by atoms with van der Waals surface area (Å²) in [6, 6.07) is 14.2. The van der Waals surface area contributed by atoms with E-state index in [0.717, 1.165) is 52.9 Å². The van der Waals surface area contributed by atoms with Crippen LogP contribution in [0.4, 0.5) is 9.59 Å². The van der Waals surface area contributed by atoms with Gasteiger partial charge in [-0.3, -0.25) is 19.7 Å². The lowest BCUT2D eigenvalue weighted by molar-refractivity contribution is -0.337. The Morgan fingerprint density at radius 3 is 2.12 bits per heavy atom. The second-order valence-corrected chi connectivity index (χ2v) is 29.3. The molecule has 0 saturated carbocycles. The van der Waals surface area contributed by atoms with Gasteiger partial charge in [-0.2, -0.15) is 5.48 Å². The molecule has 7 N–H and O–H groups in total. The number of hydroxylamine groups is 1. The number of carbonyl (C=O) groups excluding carboxylic acids is 4. The van der Waals surface area contributed by atoms with E-state index < -0.39 is 138 Å². The highest BCUT2D eigenvalue weighted by molar-refractivity contribution is 14.1. The zero-order valence-electron chi connectivity index (χ0n) is 59.2. The van der Waals surface area contributed by atoms with Gasteiger partial charge >= 0.3 is 12.2 Å². The number of likely N-dealkylation sites (N-methyl/N-ethyl adjacent to an activating group) is 1. The van der Waals surface area contributed by atoms with E-state index in [1.165, 1.54) is 47.5 Å². The number of hydrogen-bond donors (Lipinski definition) is 7. The molecule has 564 valence electrons. The zero-order valence-corrected chi connectivity index (χ0v) is 63.0. The fraction of sp³-hybridized carbons (Fsp3) is 0.562. The number of nitrogens with zero attached hydrogens (tertiary/aromatic N) is 1. The molecule has 5 saturated heterocycles. The van der Waals surface area contributed by atoms with Gasteiger partial charge in [0.15, 0.2) is 41.1 Å². The van der Waals surface area contributed by atoms with Crippen molar-refractivity contribution in [2.24, 2.45) is 0 Å². The van der Waals surface area contributed by atoms with Gasteiger partial charge in [-0.1, -0.05) is 102 Å². The second kappa shape index (κ2) is 34.5. The number of fused-ring (bicyclic) bond motifs is 5. The van der Waals surface area contributed by atoms with Crippen LogP contribution in [0, 0.1) is 34.2 Å². The fourth-order valence-electron chi connectivity index (χ4n) is 14.4. The topological polar surface area (TPSA) is 344 Å². The average molecular weight is 1600 g/mol. The highest BCUT2D eigenvalue weighted by atomic mass is 127. The van der Waals surface area contributed by atoms with Crippen LogP contribution in [-0.2, 0) is 66.5 Å². The van der Waals surface area contributed by atoms with Crippen LogP contribution >= 0.6 is 46.1 Å². The summed E-state index contributed by atoms with van der Waals surface area (Å²) in [7, 11) is 6.72. The molecule has 11 rings (SSSR count). The van der Waals surface area contributed by atoms with Gasteiger partial charge in [0, 0.05) is 63.3 Å². The number of carbonyl (C=O) groups is 4. The van der Waals surface area contributed by atoms with Crippen LogP contribution in [0.1, 0.15) is 86.8 Å². The number of hydrogen-bond acceptors (Lipinski definition) is 28. The number of amides is 2. The number of aliphatic hydroxyl groups excluding tert-OH is 4. The standard InChI is InChI=1S/C73H88IN3O25S2/c1-12-77(71(85)93-33-45-43-23-18-16-21-41(43)42-22-17-19-24-44(42)45)47-34-92-51(32-50(47)87-7)100-63-58(81)56(37(3)97-69(63)99-49-25-15-13-14-20-27-72(86)35-73(94-28-29-95-73)66(75-70(84)91-11)54(49)46(72)26-30-103-40(6)78)76-102-52-31-48(79)65(39(5)96-52)104-67(83)53-36(2)55(74)61(64(90-10)60(53)88-8)101-68-59(82)62(89-9)57(80)38(4)98-68/h13-14,16-19,21-24,26,37-39,45,47-52,56-59,62-63,65,68-69,76,79-82,86H,12,28-35H2,1-11H3,(H,75,84)/b14-13-,46-26?/t37-,38+,39-,47+,48+,49+,50+,51+,52+,56-,57+,58+,59-,62-,63-,65-,68+,69+,72+/m1/s1. The summed E-state index contributed by atoms with van der Waals surface area (Å²) in [5.74, 6) is 9.88. The Morgan fingerprint density at radius 1 is 0.798 bits per heavy atom. The third kappa shape index (κ3) is 16.4. The molecule has 0 aromatic heterocycles. The number of methoxy groups -OCH3 is 5. The summed E-state index contributed by atoms with van der Waals surface area (Å²) in [6.07, 6.45) is -16.0. The number of aliphatic hydroxyl groups is 5. The van der Waals surface area contributed by atoms with Crippen molar-refractivity contribution < 1.29 is 121 Å². The number of alkyl carbamates (subject to hydrolysis) is 1. The lowest BCUT2D eigenvalue weighted by Crippen LogP contribution is -2.65. The lowest BCUT2D eigenvalue weighted by atomic mass is 9.73. The van der Waals surface area contributed by atoms with Gasteiger partial charge in [0.25, 0.3) is 0 Å². The number of thioether (sulfide) groups is 2.